The van der Waals surface area contributed by atoms with Crippen molar-refractivity contribution in [1.29, 1.82) is 0 Å². The standard InChI is InChI=1S/C26H30N2O4/c1-5-32-23-14-10-9-13-22(23)27-26(29)25(19-11-7-6-8-12-19)28(2)18-20-15-16-21(30-3)17-24(20)31-4/h6-17,25H,5,18H2,1-4H3,(H,27,29). The molecule has 0 fully saturated rings. The molecule has 1 amide bonds. The zero-order chi connectivity index (χ0) is 22.9. The number of para-hydroxylation sites is 2. The number of carbonyl (C=O) groups excluding carboxylic acids is 1. The van der Waals surface area contributed by atoms with Crippen LogP contribution in [0.15, 0.2) is 72.8 Å². The number of anilines is 1. The van der Waals surface area contributed by atoms with Gasteiger partial charge in [0, 0.05) is 18.2 Å². The van der Waals surface area contributed by atoms with Gasteiger partial charge in [-0.3, -0.25) is 9.69 Å². The Kier molecular flexibility index (Phi) is 8.11. The molecular formula is C26H30N2O4. The number of amides is 1. The summed E-state index contributed by atoms with van der Waals surface area (Å²) in [5.74, 6) is 1.94. The lowest BCUT2D eigenvalue weighted by atomic mass is 10.0. The van der Waals surface area contributed by atoms with Crippen molar-refractivity contribution in [3.63, 3.8) is 0 Å². The molecule has 0 bridgehead atoms. The highest BCUT2D eigenvalue weighted by molar-refractivity contribution is 5.96. The fourth-order valence-electron chi connectivity index (χ4n) is 3.64. The highest BCUT2D eigenvalue weighted by atomic mass is 16.5. The average Bonchev–Trinajstić information content (AvgIpc) is 2.81. The van der Waals surface area contributed by atoms with Gasteiger partial charge >= 0.3 is 0 Å². The third kappa shape index (κ3) is 5.59. The predicted molar refractivity (Wildman–Crippen MR) is 126 cm³/mol. The minimum absolute atomic E-state index is 0.140. The molecule has 6 heteroatoms. The molecule has 1 unspecified atom stereocenters. The van der Waals surface area contributed by atoms with E-state index in [9.17, 15) is 4.79 Å². The molecule has 0 aliphatic carbocycles. The highest BCUT2D eigenvalue weighted by Crippen LogP contribution is 2.30. The van der Waals surface area contributed by atoms with Crippen LogP contribution in [0.2, 0.25) is 0 Å². The van der Waals surface area contributed by atoms with Crippen LogP contribution >= 0.6 is 0 Å². The quantitative estimate of drug-likeness (QED) is 0.491. The normalized spacial score (nSPS) is 11.7. The molecule has 3 rings (SSSR count). The van der Waals surface area contributed by atoms with Crippen molar-refractivity contribution in [3.8, 4) is 17.2 Å². The first-order valence-corrected chi connectivity index (χ1v) is 10.6. The number of benzene rings is 3. The van der Waals surface area contributed by atoms with E-state index in [1.54, 1.807) is 14.2 Å². The van der Waals surface area contributed by atoms with Gasteiger partial charge in [-0.15, -0.1) is 0 Å². The molecule has 0 aliphatic rings. The molecule has 0 radical (unpaired) electrons. The summed E-state index contributed by atoms with van der Waals surface area (Å²) in [5.41, 5.74) is 2.50. The summed E-state index contributed by atoms with van der Waals surface area (Å²) in [7, 11) is 5.18. The zero-order valence-corrected chi connectivity index (χ0v) is 19.0. The second kappa shape index (κ2) is 11.2. The van der Waals surface area contributed by atoms with Gasteiger partial charge in [0.2, 0.25) is 5.91 Å². The van der Waals surface area contributed by atoms with Crippen LogP contribution in [0, 0.1) is 0 Å². The number of nitrogens with zero attached hydrogens (tertiary/aromatic N) is 1. The molecule has 0 heterocycles. The minimum Gasteiger partial charge on any atom is -0.497 e. The maximum absolute atomic E-state index is 13.5. The van der Waals surface area contributed by atoms with Crippen LogP contribution < -0.4 is 19.5 Å². The second-order valence-corrected chi connectivity index (χ2v) is 7.32. The summed E-state index contributed by atoms with van der Waals surface area (Å²) in [6.07, 6.45) is 0. The van der Waals surface area contributed by atoms with E-state index in [0.29, 0.717) is 30.3 Å². The largest absolute Gasteiger partial charge is 0.497 e. The van der Waals surface area contributed by atoms with Crippen LogP contribution in [0.3, 0.4) is 0 Å². The van der Waals surface area contributed by atoms with Crippen molar-refractivity contribution in [3.05, 3.63) is 83.9 Å². The molecule has 168 valence electrons. The molecule has 1 atom stereocenters. The van der Waals surface area contributed by atoms with Crippen LogP contribution in [0.1, 0.15) is 24.1 Å². The molecule has 0 saturated heterocycles. The number of ether oxygens (including phenoxy) is 3. The Morgan fingerprint density at radius 3 is 2.34 bits per heavy atom. The van der Waals surface area contributed by atoms with Crippen LogP contribution in [-0.2, 0) is 11.3 Å². The first kappa shape index (κ1) is 23.2. The highest BCUT2D eigenvalue weighted by Gasteiger charge is 2.27. The number of hydrogen-bond acceptors (Lipinski definition) is 5. The molecule has 3 aromatic carbocycles. The number of hydrogen-bond donors (Lipinski definition) is 1. The molecule has 0 aromatic heterocycles. The number of rotatable bonds is 10. The van der Waals surface area contributed by atoms with Crippen molar-refractivity contribution < 1.29 is 19.0 Å². The van der Waals surface area contributed by atoms with E-state index in [-0.39, 0.29) is 5.91 Å². The Morgan fingerprint density at radius 1 is 0.938 bits per heavy atom. The van der Waals surface area contributed by atoms with Gasteiger partial charge in [-0.25, -0.2) is 0 Å². The Labute approximate surface area is 189 Å². The lowest BCUT2D eigenvalue weighted by Crippen LogP contribution is -2.34. The minimum atomic E-state index is -0.516. The molecule has 32 heavy (non-hydrogen) atoms. The first-order valence-electron chi connectivity index (χ1n) is 10.6. The van der Waals surface area contributed by atoms with Crippen molar-refractivity contribution in [2.75, 3.05) is 33.2 Å². The maximum Gasteiger partial charge on any atom is 0.246 e. The summed E-state index contributed by atoms with van der Waals surface area (Å²) < 4.78 is 16.5. The molecule has 0 saturated carbocycles. The van der Waals surface area contributed by atoms with Crippen LogP contribution in [0.25, 0.3) is 0 Å². The van der Waals surface area contributed by atoms with E-state index in [4.69, 9.17) is 14.2 Å². The Balaban J connectivity index is 1.89. The van der Waals surface area contributed by atoms with E-state index in [1.807, 2.05) is 91.7 Å². The Morgan fingerprint density at radius 2 is 1.66 bits per heavy atom. The van der Waals surface area contributed by atoms with Gasteiger partial charge in [-0.1, -0.05) is 48.5 Å². The third-order valence-corrected chi connectivity index (χ3v) is 5.16. The van der Waals surface area contributed by atoms with Gasteiger partial charge in [-0.05, 0) is 37.7 Å². The predicted octanol–water partition coefficient (Wildman–Crippen LogP) is 4.91. The lowest BCUT2D eigenvalue weighted by Gasteiger charge is -2.28. The molecule has 3 aromatic rings. The number of carbonyl (C=O) groups is 1. The van der Waals surface area contributed by atoms with Crippen molar-refractivity contribution in [2.24, 2.45) is 0 Å². The van der Waals surface area contributed by atoms with E-state index >= 15 is 0 Å². The smallest absolute Gasteiger partial charge is 0.246 e. The second-order valence-electron chi connectivity index (χ2n) is 7.32. The molecular weight excluding hydrogens is 404 g/mol. The van der Waals surface area contributed by atoms with Gasteiger partial charge in [0.1, 0.15) is 23.3 Å². The SMILES string of the molecule is CCOc1ccccc1NC(=O)C(c1ccccc1)N(C)Cc1ccc(OC)cc1OC. The average molecular weight is 435 g/mol. The molecule has 0 aliphatic heterocycles. The van der Waals surface area contributed by atoms with E-state index in [1.165, 1.54) is 0 Å². The van der Waals surface area contributed by atoms with Crippen LogP contribution in [-0.4, -0.2) is 38.7 Å². The van der Waals surface area contributed by atoms with E-state index < -0.39 is 6.04 Å². The number of nitrogens with one attached hydrogen (secondary N) is 1. The fourth-order valence-corrected chi connectivity index (χ4v) is 3.64. The first-order chi connectivity index (χ1) is 15.6. The lowest BCUT2D eigenvalue weighted by molar-refractivity contribution is -0.121. The van der Waals surface area contributed by atoms with Crippen LogP contribution in [0.4, 0.5) is 5.69 Å². The topological polar surface area (TPSA) is 60.0 Å². The molecule has 6 nitrogen and oxygen atoms in total. The zero-order valence-electron chi connectivity index (χ0n) is 19.0. The number of methoxy groups -OCH3 is 2. The Bertz CT molecular complexity index is 1020. The van der Waals surface area contributed by atoms with Gasteiger partial charge in [0.05, 0.1) is 26.5 Å². The summed E-state index contributed by atoms with van der Waals surface area (Å²) in [6, 6.07) is 22.4. The summed E-state index contributed by atoms with van der Waals surface area (Å²) in [5, 5.41) is 3.05. The fraction of sp³-hybridized carbons (Fsp3) is 0.269. The van der Waals surface area contributed by atoms with Gasteiger partial charge < -0.3 is 19.5 Å². The van der Waals surface area contributed by atoms with E-state index in [2.05, 4.69) is 5.32 Å². The maximum atomic E-state index is 13.5. The van der Waals surface area contributed by atoms with Crippen molar-refractivity contribution in [1.82, 2.24) is 4.90 Å². The summed E-state index contributed by atoms with van der Waals surface area (Å²) in [4.78, 5) is 15.5. The summed E-state index contributed by atoms with van der Waals surface area (Å²) in [6.45, 7) is 2.95. The van der Waals surface area contributed by atoms with Gasteiger partial charge in [0.15, 0.2) is 0 Å². The summed E-state index contributed by atoms with van der Waals surface area (Å²) >= 11 is 0. The van der Waals surface area contributed by atoms with Gasteiger partial charge in [0.25, 0.3) is 0 Å². The van der Waals surface area contributed by atoms with E-state index in [0.717, 1.165) is 16.9 Å². The van der Waals surface area contributed by atoms with Crippen LogP contribution in [0.5, 0.6) is 17.2 Å². The van der Waals surface area contributed by atoms with Crippen molar-refractivity contribution >= 4 is 11.6 Å². The monoisotopic (exact) mass is 434 g/mol. The van der Waals surface area contributed by atoms with Gasteiger partial charge in [-0.2, -0.15) is 0 Å². The third-order valence-electron chi connectivity index (χ3n) is 5.16. The molecule has 1 N–H and O–H groups in total. The van der Waals surface area contributed by atoms with Crippen molar-refractivity contribution in [2.45, 2.75) is 19.5 Å². The number of likely N-dealkylation sites (N-methyl/N-ethyl adjacent to an activating group) is 1. The Hall–Kier alpha value is -3.51. The molecule has 0 spiro atoms.